The second-order valence-electron chi connectivity index (χ2n) is 4.28. The van der Waals surface area contributed by atoms with Crippen molar-refractivity contribution < 1.29 is 9.53 Å². The minimum Gasteiger partial charge on any atom is -0.497 e. The van der Waals surface area contributed by atoms with Gasteiger partial charge in [0.1, 0.15) is 5.75 Å². The van der Waals surface area contributed by atoms with Crippen LogP contribution in [-0.4, -0.2) is 38.1 Å². The minimum absolute atomic E-state index is 0.109. The van der Waals surface area contributed by atoms with Crippen LogP contribution >= 0.6 is 0 Å². The monoisotopic (exact) mass is 250 g/mol. The van der Waals surface area contributed by atoms with Crippen LogP contribution in [0.2, 0.25) is 0 Å². The molecule has 1 N–H and O–H groups in total. The molecule has 1 unspecified atom stereocenters. The molecule has 1 atom stereocenters. The maximum atomic E-state index is 11.7. The van der Waals surface area contributed by atoms with E-state index in [2.05, 4.69) is 5.32 Å². The summed E-state index contributed by atoms with van der Waals surface area (Å²) in [6.07, 6.45) is 0. The minimum atomic E-state index is 0.109. The van der Waals surface area contributed by atoms with E-state index in [0.29, 0.717) is 6.54 Å². The standard InChI is InChI=1S/C14H22N2O2/c1-5-16(3)14(17)10-15-11(2)12-6-8-13(18-4)9-7-12/h6-9,11,15H,5,10H2,1-4H3. The molecule has 1 aromatic rings. The largest absolute Gasteiger partial charge is 0.497 e. The molecule has 0 saturated carbocycles. The first kappa shape index (κ1) is 14.5. The number of nitrogens with zero attached hydrogens (tertiary/aromatic N) is 1. The van der Waals surface area contributed by atoms with Crippen LogP contribution in [0.3, 0.4) is 0 Å². The number of ether oxygens (including phenoxy) is 1. The van der Waals surface area contributed by atoms with E-state index in [1.807, 2.05) is 45.2 Å². The van der Waals surface area contributed by atoms with Crippen LogP contribution in [0, 0.1) is 0 Å². The lowest BCUT2D eigenvalue weighted by Gasteiger charge is -2.18. The van der Waals surface area contributed by atoms with E-state index < -0.39 is 0 Å². The van der Waals surface area contributed by atoms with Gasteiger partial charge in [0.15, 0.2) is 0 Å². The van der Waals surface area contributed by atoms with Crippen LogP contribution in [0.1, 0.15) is 25.5 Å². The Bertz CT molecular complexity index is 376. The van der Waals surface area contributed by atoms with Crippen LogP contribution < -0.4 is 10.1 Å². The predicted molar refractivity (Wildman–Crippen MR) is 72.7 cm³/mol. The Morgan fingerprint density at radius 3 is 2.50 bits per heavy atom. The highest BCUT2D eigenvalue weighted by atomic mass is 16.5. The average molecular weight is 250 g/mol. The van der Waals surface area contributed by atoms with E-state index in [4.69, 9.17) is 4.74 Å². The molecule has 18 heavy (non-hydrogen) atoms. The van der Waals surface area contributed by atoms with Gasteiger partial charge in [0.25, 0.3) is 0 Å². The number of benzene rings is 1. The van der Waals surface area contributed by atoms with Gasteiger partial charge in [0.2, 0.25) is 5.91 Å². The Hall–Kier alpha value is -1.55. The number of amides is 1. The van der Waals surface area contributed by atoms with Crippen LogP contribution in [0.5, 0.6) is 5.75 Å². The summed E-state index contributed by atoms with van der Waals surface area (Å²) in [6, 6.07) is 8.00. The molecule has 0 spiro atoms. The first-order valence-electron chi connectivity index (χ1n) is 6.19. The van der Waals surface area contributed by atoms with E-state index in [9.17, 15) is 4.79 Å². The highest BCUT2D eigenvalue weighted by Gasteiger charge is 2.10. The molecule has 0 saturated heterocycles. The third kappa shape index (κ3) is 4.04. The van der Waals surface area contributed by atoms with Crippen molar-refractivity contribution in [3.63, 3.8) is 0 Å². The van der Waals surface area contributed by atoms with Crippen molar-refractivity contribution in [3.8, 4) is 5.75 Å². The zero-order valence-electron chi connectivity index (χ0n) is 11.6. The second kappa shape index (κ2) is 7.01. The summed E-state index contributed by atoms with van der Waals surface area (Å²) in [5.41, 5.74) is 1.14. The molecule has 0 aromatic heterocycles. The Kier molecular flexibility index (Phi) is 5.65. The van der Waals surface area contributed by atoms with E-state index in [0.717, 1.165) is 17.9 Å². The second-order valence-corrected chi connectivity index (χ2v) is 4.28. The molecule has 0 bridgehead atoms. The lowest BCUT2D eigenvalue weighted by atomic mass is 10.1. The fourth-order valence-corrected chi connectivity index (χ4v) is 1.56. The Balaban J connectivity index is 2.49. The number of nitrogens with one attached hydrogen (secondary N) is 1. The van der Waals surface area contributed by atoms with E-state index in [1.165, 1.54) is 0 Å². The van der Waals surface area contributed by atoms with Crippen molar-refractivity contribution in [2.75, 3.05) is 27.2 Å². The fourth-order valence-electron chi connectivity index (χ4n) is 1.56. The normalized spacial score (nSPS) is 12.0. The fraction of sp³-hybridized carbons (Fsp3) is 0.500. The van der Waals surface area contributed by atoms with Crippen molar-refractivity contribution in [1.82, 2.24) is 10.2 Å². The Labute approximate surface area is 109 Å². The van der Waals surface area contributed by atoms with E-state index >= 15 is 0 Å². The number of rotatable bonds is 6. The summed E-state index contributed by atoms with van der Waals surface area (Å²) < 4.78 is 5.11. The molecule has 0 heterocycles. The molecule has 0 radical (unpaired) electrons. The number of hydrogen-bond donors (Lipinski definition) is 1. The zero-order valence-corrected chi connectivity index (χ0v) is 11.6. The maximum Gasteiger partial charge on any atom is 0.236 e. The molecule has 4 nitrogen and oxygen atoms in total. The molecule has 0 aliphatic heterocycles. The van der Waals surface area contributed by atoms with Crippen molar-refractivity contribution >= 4 is 5.91 Å². The molecule has 0 aliphatic carbocycles. The van der Waals surface area contributed by atoms with E-state index in [1.54, 1.807) is 12.0 Å². The smallest absolute Gasteiger partial charge is 0.236 e. The van der Waals surface area contributed by atoms with Crippen molar-refractivity contribution in [2.24, 2.45) is 0 Å². The highest BCUT2D eigenvalue weighted by molar-refractivity contribution is 5.77. The van der Waals surface area contributed by atoms with Gasteiger partial charge < -0.3 is 15.0 Å². The number of likely N-dealkylation sites (N-methyl/N-ethyl adjacent to an activating group) is 1. The van der Waals surface area contributed by atoms with Crippen molar-refractivity contribution in [3.05, 3.63) is 29.8 Å². The lowest BCUT2D eigenvalue weighted by Crippen LogP contribution is -2.36. The van der Waals surface area contributed by atoms with Crippen molar-refractivity contribution in [1.29, 1.82) is 0 Å². The Morgan fingerprint density at radius 2 is 2.00 bits per heavy atom. The number of carbonyl (C=O) groups is 1. The summed E-state index contributed by atoms with van der Waals surface area (Å²) in [7, 11) is 3.46. The van der Waals surface area contributed by atoms with Gasteiger partial charge >= 0.3 is 0 Å². The molecular formula is C14H22N2O2. The summed E-state index contributed by atoms with van der Waals surface area (Å²) in [4.78, 5) is 13.4. The van der Waals surface area contributed by atoms with Gasteiger partial charge in [-0.1, -0.05) is 12.1 Å². The van der Waals surface area contributed by atoms with Gasteiger partial charge in [-0.2, -0.15) is 0 Å². The topological polar surface area (TPSA) is 41.6 Å². The summed E-state index contributed by atoms with van der Waals surface area (Å²) in [5, 5.41) is 3.22. The first-order chi connectivity index (χ1) is 8.58. The molecule has 1 rings (SSSR count). The quantitative estimate of drug-likeness (QED) is 0.837. The molecule has 0 fully saturated rings. The van der Waals surface area contributed by atoms with Gasteiger partial charge in [0.05, 0.1) is 13.7 Å². The molecule has 100 valence electrons. The number of carbonyl (C=O) groups excluding carboxylic acids is 1. The molecule has 1 aromatic carbocycles. The molecule has 4 heteroatoms. The number of methoxy groups -OCH3 is 1. The van der Waals surface area contributed by atoms with Gasteiger partial charge in [-0.05, 0) is 31.5 Å². The van der Waals surface area contributed by atoms with Crippen molar-refractivity contribution in [2.45, 2.75) is 19.9 Å². The summed E-state index contributed by atoms with van der Waals surface area (Å²) in [6.45, 7) is 5.10. The average Bonchev–Trinajstić information content (AvgIpc) is 2.43. The number of hydrogen-bond acceptors (Lipinski definition) is 3. The summed E-state index contributed by atoms with van der Waals surface area (Å²) >= 11 is 0. The van der Waals surface area contributed by atoms with Crippen LogP contribution in [0.25, 0.3) is 0 Å². The van der Waals surface area contributed by atoms with Gasteiger partial charge in [-0.3, -0.25) is 4.79 Å². The summed E-state index contributed by atoms with van der Waals surface area (Å²) in [5.74, 6) is 0.950. The highest BCUT2D eigenvalue weighted by Crippen LogP contribution is 2.16. The SMILES string of the molecule is CCN(C)C(=O)CNC(C)c1ccc(OC)cc1. The maximum absolute atomic E-state index is 11.7. The van der Waals surface area contributed by atoms with Crippen LogP contribution in [0.4, 0.5) is 0 Å². The third-order valence-electron chi connectivity index (χ3n) is 3.08. The zero-order chi connectivity index (χ0) is 13.5. The first-order valence-corrected chi connectivity index (χ1v) is 6.19. The third-order valence-corrected chi connectivity index (χ3v) is 3.08. The van der Waals surface area contributed by atoms with Gasteiger partial charge in [-0.15, -0.1) is 0 Å². The van der Waals surface area contributed by atoms with Gasteiger partial charge in [0, 0.05) is 19.6 Å². The molecule has 1 amide bonds. The van der Waals surface area contributed by atoms with Gasteiger partial charge in [-0.25, -0.2) is 0 Å². The Morgan fingerprint density at radius 1 is 1.39 bits per heavy atom. The molecular weight excluding hydrogens is 228 g/mol. The van der Waals surface area contributed by atoms with E-state index in [-0.39, 0.29) is 11.9 Å². The van der Waals surface area contributed by atoms with Crippen LogP contribution in [-0.2, 0) is 4.79 Å². The lowest BCUT2D eigenvalue weighted by molar-refractivity contribution is -0.128. The van der Waals surface area contributed by atoms with Crippen LogP contribution in [0.15, 0.2) is 24.3 Å². The molecule has 0 aliphatic rings. The predicted octanol–water partition coefficient (Wildman–Crippen LogP) is 1.82.